The zero-order chi connectivity index (χ0) is 21.6. The van der Waals surface area contributed by atoms with E-state index in [0.717, 1.165) is 38.9 Å². The molecule has 0 saturated carbocycles. The van der Waals surface area contributed by atoms with Crippen molar-refractivity contribution in [3.05, 3.63) is 41.8 Å². The third-order valence-electron chi connectivity index (χ3n) is 5.17. The minimum absolute atomic E-state index is 0.0577. The molecule has 0 atom stereocenters. The SMILES string of the molecule is CCCN1CCC(NC(=O)COc2ccc(N(C)S(=O)(=O)c3cccs3)cc2)CC1. The molecule has 1 aromatic heterocycles. The van der Waals surface area contributed by atoms with E-state index in [2.05, 4.69) is 17.1 Å². The Balaban J connectivity index is 1.47. The molecule has 1 fully saturated rings. The fraction of sp³-hybridized carbons (Fsp3) is 0.476. The van der Waals surface area contributed by atoms with Crippen molar-refractivity contribution in [3.63, 3.8) is 0 Å². The van der Waals surface area contributed by atoms with Gasteiger partial charge < -0.3 is 15.0 Å². The van der Waals surface area contributed by atoms with E-state index in [-0.39, 0.29) is 18.6 Å². The quantitative estimate of drug-likeness (QED) is 0.634. The summed E-state index contributed by atoms with van der Waals surface area (Å²) in [4.78, 5) is 14.6. The predicted molar refractivity (Wildman–Crippen MR) is 120 cm³/mol. The van der Waals surface area contributed by atoms with Gasteiger partial charge in [-0.2, -0.15) is 0 Å². The molecule has 2 heterocycles. The van der Waals surface area contributed by atoms with Crippen molar-refractivity contribution in [1.29, 1.82) is 0 Å². The third kappa shape index (κ3) is 5.74. The zero-order valence-electron chi connectivity index (χ0n) is 17.4. The van der Waals surface area contributed by atoms with Crippen LogP contribution in [0, 0.1) is 0 Å². The molecule has 7 nitrogen and oxygen atoms in total. The summed E-state index contributed by atoms with van der Waals surface area (Å²) in [7, 11) is -2.05. The number of anilines is 1. The lowest BCUT2D eigenvalue weighted by molar-refractivity contribution is -0.124. The second-order valence-electron chi connectivity index (χ2n) is 7.37. The molecule has 164 valence electrons. The van der Waals surface area contributed by atoms with Crippen LogP contribution in [0.4, 0.5) is 5.69 Å². The highest BCUT2D eigenvalue weighted by molar-refractivity contribution is 7.94. The first kappa shape index (κ1) is 22.6. The number of likely N-dealkylation sites (tertiary alicyclic amines) is 1. The van der Waals surface area contributed by atoms with Crippen LogP contribution in [-0.4, -0.2) is 58.6 Å². The highest BCUT2D eigenvalue weighted by atomic mass is 32.2. The Kier molecular flexibility index (Phi) is 7.74. The van der Waals surface area contributed by atoms with Gasteiger partial charge in [-0.3, -0.25) is 9.10 Å². The summed E-state index contributed by atoms with van der Waals surface area (Å²) < 4.78 is 32.3. The summed E-state index contributed by atoms with van der Waals surface area (Å²) in [5.74, 6) is 0.388. The number of carbonyl (C=O) groups excluding carboxylic acids is 1. The van der Waals surface area contributed by atoms with Crippen LogP contribution in [0.3, 0.4) is 0 Å². The van der Waals surface area contributed by atoms with Gasteiger partial charge in [-0.1, -0.05) is 13.0 Å². The minimum Gasteiger partial charge on any atom is -0.484 e. The number of sulfonamides is 1. The first-order valence-electron chi connectivity index (χ1n) is 10.2. The van der Waals surface area contributed by atoms with E-state index < -0.39 is 10.0 Å². The molecular weight excluding hydrogens is 422 g/mol. The summed E-state index contributed by atoms with van der Waals surface area (Å²) in [5.41, 5.74) is 0.527. The summed E-state index contributed by atoms with van der Waals surface area (Å²) >= 11 is 1.18. The molecule has 0 unspecified atom stereocenters. The number of benzene rings is 1. The van der Waals surface area contributed by atoms with Crippen molar-refractivity contribution in [2.75, 3.05) is 37.6 Å². The molecule has 2 aromatic rings. The molecule has 30 heavy (non-hydrogen) atoms. The Bertz CT molecular complexity index is 906. The molecule has 0 radical (unpaired) electrons. The van der Waals surface area contributed by atoms with Gasteiger partial charge in [-0.15, -0.1) is 11.3 Å². The van der Waals surface area contributed by atoms with E-state index in [9.17, 15) is 13.2 Å². The number of hydrogen-bond donors (Lipinski definition) is 1. The van der Waals surface area contributed by atoms with Gasteiger partial charge in [0.25, 0.3) is 15.9 Å². The number of ether oxygens (including phenoxy) is 1. The topological polar surface area (TPSA) is 79.0 Å². The lowest BCUT2D eigenvalue weighted by Crippen LogP contribution is -2.46. The number of carbonyl (C=O) groups is 1. The van der Waals surface area contributed by atoms with Crippen molar-refractivity contribution in [2.24, 2.45) is 0 Å². The standard InChI is InChI=1S/C21H29N3O4S2/c1-3-12-24-13-10-17(11-14-24)22-20(25)16-28-19-8-6-18(7-9-19)23(2)30(26,27)21-5-4-15-29-21/h4-9,15,17H,3,10-14,16H2,1-2H3,(H,22,25). The summed E-state index contributed by atoms with van der Waals surface area (Å²) in [6, 6.07) is 10.2. The lowest BCUT2D eigenvalue weighted by atomic mass is 10.0. The molecule has 1 aromatic carbocycles. The highest BCUT2D eigenvalue weighted by Crippen LogP contribution is 2.26. The molecule has 9 heteroatoms. The Morgan fingerprint density at radius 3 is 2.53 bits per heavy atom. The lowest BCUT2D eigenvalue weighted by Gasteiger charge is -2.32. The monoisotopic (exact) mass is 451 g/mol. The van der Waals surface area contributed by atoms with E-state index in [1.807, 2.05) is 0 Å². The smallest absolute Gasteiger partial charge is 0.273 e. The number of rotatable bonds is 9. The van der Waals surface area contributed by atoms with Crippen LogP contribution in [-0.2, 0) is 14.8 Å². The van der Waals surface area contributed by atoms with Crippen molar-refractivity contribution in [2.45, 2.75) is 36.4 Å². The van der Waals surface area contributed by atoms with Gasteiger partial charge in [0.1, 0.15) is 9.96 Å². The van der Waals surface area contributed by atoms with Gasteiger partial charge in [-0.25, -0.2) is 8.42 Å². The van der Waals surface area contributed by atoms with Crippen LogP contribution in [0.5, 0.6) is 5.75 Å². The molecule has 1 N–H and O–H groups in total. The van der Waals surface area contributed by atoms with Gasteiger partial charge in [0.15, 0.2) is 6.61 Å². The highest BCUT2D eigenvalue weighted by Gasteiger charge is 2.22. The first-order chi connectivity index (χ1) is 14.4. The molecule has 1 amide bonds. The van der Waals surface area contributed by atoms with Gasteiger partial charge in [0.2, 0.25) is 0 Å². The van der Waals surface area contributed by atoms with E-state index in [1.165, 1.54) is 22.7 Å². The van der Waals surface area contributed by atoms with E-state index in [0.29, 0.717) is 15.6 Å². The minimum atomic E-state index is -3.57. The molecule has 1 aliphatic rings. The molecule has 0 spiro atoms. The Morgan fingerprint density at radius 2 is 1.93 bits per heavy atom. The second-order valence-corrected chi connectivity index (χ2v) is 10.5. The fourth-order valence-corrected chi connectivity index (χ4v) is 5.83. The largest absolute Gasteiger partial charge is 0.484 e. The summed E-state index contributed by atoms with van der Waals surface area (Å²) in [6.45, 7) is 5.27. The average molecular weight is 452 g/mol. The van der Waals surface area contributed by atoms with Crippen molar-refractivity contribution in [3.8, 4) is 5.75 Å². The maximum Gasteiger partial charge on any atom is 0.273 e. The van der Waals surface area contributed by atoms with Crippen LogP contribution in [0.25, 0.3) is 0 Å². The van der Waals surface area contributed by atoms with Crippen LogP contribution in [0.15, 0.2) is 46.0 Å². The van der Waals surface area contributed by atoms with Crippen LogP contribution >= 0.6 is 11.3 Å². The van der Waals surface area contributed by atoms with Gasteiger partial charge in [0.05, 0.1) is 5.69 Å². The Hall–Kier alpha value is -2.10. The number of nitrogens with one attached hydrogen (secondary N) is 1. The Labute approximate surface area is 182 Å². The number of nitrogens with zero attached hydrogens (tertiary/aromatic N) is 2. The molecule has 0 aliphatic carbocycles. The second kappa shape index (κ2) is 10.3. The molecule has 1 aliphatic heterocycles. The number of thiophene rings is 1. The maximum absolute atomic E-state index is 12.6. The van der Waals surface area contributed by atoms with Crippen molar-refractivity contribution in [1.82, 2.24) is 10.2 Å². The first-order valence-corrected chi connectivity index (χ1v) is 12.5. The maximum atomic E-state index is 12.6. The normalized spacial score (nSPS) is 15.7. The molecule has 3 rings (SSSR count). The molecule has 0 bridgehead atoms. The van der Waals surface area contributed by atoms with E-state index >= 15 is 0 Å². The van der Waals surface area contributed by atoms with Gasteiger partial charge in [-0.05, 0) is 61.5 Å². The summed E-state index contributed by atoms with van der Waals surface area (Å²) in [5, 5.41) is 4.77. The third-order valence-corrected chi connectivity index (χ3v) is 8.33. The van der Waals surface area contributed by atoms with Gasteiger partial charge >= 0.3 is 0 Å². The molecular formula is C21H29N3O4S2. The van der Waals surface area contributed by atoms with Crippen molar-refractivity contribution >= 4 is 33.0 Å². The van der Waals surface area contributed by atoms with Crippen LogP contribution in [0.1, 0.15) is 26.2 Å². The number of piperidine rings is 1. The predicted octanol–water partition coefficient (Wildman–Crippen LogP) is 2.94. The van der Waals surface area contributed by atoms with Crippen LogP contribution in [0.2, 0.25) is 0 Å². The Morgan fingerprint density at radius 1 is 1.23 bits per heavy atom. The van der Waals surface area contributed by atoms with E-state index in [1.54, 1.807) is 41.8 Å². The number of amides is 1. The number of hydrogen-bond acceptors (Lipinski definition) is 6. The average Bonchev–Trinajstić information content (AvgIpc) is 3.30. The van der Waals surface area contributed by atoms with Gasteiger partial charge in [0, 0.05) is 26.2 Å². The summed E-state index contributed by atoms with van der Waals surface area (Å²) in [6.07, 6.45) is 3.08. The van der Waals surface area contributed by atoms with E-state index in [4.69, 9.17) is 4.74 Å². The zero-order valence-corrected chi connectivity index (χ0v) is 19.0. The van der Waals surface area contributed by atoms with Crippen molar-refractivity contribution < 1.29 is 17.9 Å². The van der Waals surface area contributed by atoms with Crippen LogP contribution < -0.4 is 14.4 Å². The fourth-order valence-electron chi connectivity index (χ4n) is 3.47. The molecule has 1 saturated heterocycles.